The molecule has 2 aromatic heterocycles. The van der Waals surface area contributed by atoms with Gasteiger partial charge in [0.25, 0.3) is 0 Å². The summed E-state index contributed by atoms with van der Waals surface area (Å²) < 4.78 is 2.04. The molecule has 1 saturated heterocycles. The fraction of sp³-hybridized carbons (Fsp3) is 0.179. The van der Waals surface area contributed by atoms with Crippen molar-refractivity contribution in [2.75, 3.05) is 18.4 Å². The Morgan fingerprint density at radius 1 is 1.03 bits per heavy atom. The Morgan fingerprint density at radius 3 is 2.64 bits per heavy atom. The maximum absolute atomic E-state index is 11.6. The van der Waals surface area contributed by atoms with Gasteiger partial charge in [0.15, 0.2) is 5.11 Å². The highest BCUT2D eigenvalue weighted by molar-refractivity contribution is 7.80. The first-order valence-corrected chi connectivity index (χ1v) is 12.3. The number of aromatic nitrogens is 2. The number of pyridine rings is 1. The highest BCUT2D eigenvalue weighted by Gasteiger charge is 2.40. The molecule has 4 aromatic rings. The van der Waals surface area contributed by atoms with Gasteiger partial charge in [0.2, 0.25) is 0 Å². The first-order valence-electron chi connectivity index (χ1n) is 11.9. The van der Waals surface area contributed by atoms with Crippen LogP contribution in [0.5, 0.6) is 0 Å². The Morgan fingerprint density at radius 2 is 1.86 bits per heavy atom. The molecule has 0 unspecified atom stereocenters. The molecule has 3 N–H and O–H groups in total. The number of rotatable bonds is 9. The second-order valence-corrected chi connectivity index (χ2v) is 9.01. The van der Waals surface area contributed by atoms with Crippen LogP contribution in [0.25, 0.3) is 5.69 Å². The smallest absolute Gasteiger partial charge is 0.335 e. The number of thiocarbonyl (C=S) groups is 1. The molecule has 0 aliphatic carbocycles. The lowest BCUT2D eigenvalue weighted by molar-refractivity contribution is 0.0697. The predicted molar refractivity (Wildman–Crippen MR) is 144 cm³/mol. The molecular weight excluding hydrogens is 470 g/mol. The average molecular weight is 498 g/mol. The van der Waals surface area contributed by atoms with E-state index in [0.29, 0.717) is 5.11 Å². The summed E-state index contributed by atoms with van der Waals surface area (Å²) in [5.74, 6) is -0.951. The molecule has 8 heteroatoms. The van der Waals surface area contributed by atoms with Crippen molar-refractivity contribution in [2.45, 2.75) is 18.5 Å². The van der Waals surface area contributed by atoms with Crippen LogP contribution in [0.3, 0.4) is 0 Å². The van der Waals surface area contributed by atoms with E-state index in [1.54, 1.807) is 24.4 Å². The fourth-order valence-corrected chi connectivity index (χ4v) is 5.00. The fourth-order valence-electron chi connectivity index (χ4n) is 4.67. The average Bonchev–Trinajstić information content (AvgIpc) is 3.52. The summed E-state index contributed by atoms with van der Waals surface area (Å²) >= 11 is 5.81. The van der Waals surface area contributed by atoms with E-state index >= 15 is 0 Å². The molecule has 0 bridgehead atoms. The summed E-state index contributed by atoms with van der Waals surface area (Å²) in [6.45, 7) is 1.56. The molecule has 0 amide bonds. The van der Waals surface area contributed by atoms with Gasteiger partial charge in [-0.3, -0.25) is 4.98 Å². The zero-order valence-electron chi connectivity index (χ0n) is 19.6. The SMILES string of the molecule is O=C(O)c1cccc(-n2cccc2[C@@H]2[C@H](c3ccccn3)NC(=S)N2CCCNc2ccccc2)c1. The van der Waals surface area contributed by atoms with Gasteiger partial charge in [0.1, 0.15) is 0 Å². The first-order chi connectivity index (χ1) is 17.6. The van der Waals surface area contributed by atoms with Gasteiger partial charge in [-0.25, -0.2) is 4.79 Å². The molecule has 2 atom stereocenters. The van der Waals surface area contributed by atoms with E-state index in [-0.39, 0.29) is 17.6 Å². The van der Waals surface area contributed by atoms with Crippen molar-refractivity contribution < 1.29 is 9.90 Å². The van der Waals surface area contributed by atoms with E-state index in [0.717, 1.165) is 42.3 Å². The van der Waals surface area contributed by atoms with Crippen LogP contribution in [-0.4, -0.2) is 43.7 Å². The minimum absolute atomic E-state index is 0.118. The van der Waals surface area contributed by atoms with Crippen LogP contribution >= 0.6 is 12.2 Å². The van der Waals surface area contributed by atoms with E-state index in [9.17, 15) is 9.90 Å². The number of carbonyl (C=O) groups is 1. The highest BCUT2D eigenvalue weighted by Crippen LogP contribution is 2.39. The maximum atomic E-state index is 11.6. The molecule has 2 aromatic carbocycles. The summed E-state index contributed by atoms with van der Waals surface area (Å²) in [6, 6.07) is 26.8. The number of hydrogen-bond acceptors (Lipinski definition) is 4. The zero-order chi connectivity index (χ0) is 24.9. The van der Waals surface area contributed by atoms with E-state index in [1.807, 2.05) is 59.3 Å². The van der Waals surface area contributed by atoms with Crippen LogP contribution < -0.4 is 10.6 Å². The first kappa shape index (κ1) is 23.6. The Hall–Kier alpha value is -4.17. The lowest BCUT2D eigenvalue weighted by Gasteiger charge is -2.29. The second-order valence-electron chi connectivity index (χ2n) is 8.62. The van der Waals surface area contributed by atoms with Gasteiger partial charge in [-0.05, 0) is 73.2 Å². The zero-order valence-corrected chi connectivity index (χ0v) is 20.4. The Balaban J connectivity index is 1.44. The van der Waals surface area contributed by atoms with Crippen molar-refractivity contribution >= 4 is 29.0 Å². The predicted octanol–water partition coefficient (Wildman–Crippen LogP) is 5.05. The molecule has 3 heterocycles. The Kier molecular flexibility index (Phi) is 6.95. The molecule has 36 heavy (non-hydrogen) atoms. The molecule has 0 spiro atoms. The van der Waals surface area contributed by atoms with Crippen molar-refractivity contribution in [3.05, 3.63) is 114 Å². The number of carboxylic acid groups (broad SMARTS) is 1. The number of benzene rings is 2. The van der Waals surface area contributed by atoms with E-state index in [4.69, 9.17) is 12.2 Å². The molecule has 1 fully saturated rings. The molecule has 0 saturated carbocycles. The number of aromatic carboxylic acids is 1. The van der Waals surface area contributed by atoms with Crippen LogP contribution in [-0.2, 0) is 0 Å². The largest absolute Gasteiger partial charge is 0.478 e. The lowest BCUT2D eigenvalue weighted by Crippen LogP contribution is -2.32. The van der Waals surface area contributed by atoms with E-state index in [2.05, 4.69) is 38.7 Å². The number of hydrogen-bond donors (Lipinski definition) is 3. The van der Waals surface area contributed by atoms with Crippen LogP contribution in [0, 0.1) is 0 Å². The number of carboxylic acids is 1. The van der Waals surface area contributed by atoms with Gasteiger partial charge in [-0.15, -0.1) is 0 Å². The highest BCUT2D eigenvalue weighted by atomic mass is 32.1. The van der Waals surface area contributed by atoms with Crippen molar-refractivity contribution in [2.24, 2.45) is 0 Å². The normalized spacial score (nSPS) is 17.1. The number of nitrogens with one attached hydrogen (secondary N) is 2. The summed E-state index contributed by atoms with van der Waals surface area (Å²) in [5.41, 5.74) is 4.05. The molecule has 1 aliphatic rings. The van der Waals surface area contributed by atoms with Gasteiger partial charge in [-0.2, -0.15) is 0 Å². The summed E-state index contributed by atoms with van der Waals surface area (Å²) in [6.07, 6.45) is 4.64. The molecule has 1 aliphatic heterocycles. The number of anilines is 1. The molecular formula is C28H27N5O2S. The molecule has 182 valence electrons. The van der Waals surface area contributed by atoms with Crippen molar-refractivity contribution in [1.29, 1.82) is 0 Å². The van der Waals surface area contributed by atoms with Crippen LogP contribution in [0.2, 0.25) is 0 Å². The second kappa shape index (κ2) is 10.6. The third-order valence-corrected chi connectivity index (χ3v) is 6.68. The third-order valence-electron chi connectivity index (χ3n) is 6.33. The van der Waals surface area contributed by atoms with E-state index in [1.165, 1.54) is 0 Å². The van der Waals surface area contributed by atoms with Crippen LogP contribution in [0.15, 0.2) is 97.3 Å². The van der Waals surface area contributed by atoms with Gasteiger partial charge in [0.05, 0.1) is 23.3 Å². The third kappa shape index (κ3) is 4.94. The molecule has 5 rings (SSSR count). The van der Waals surface area contributed by atoms with Crippen LogP contribution in [0.1, 0.15) is 40.3 Å². The Bertz CT molecular complexity index is 1340. The van der Waals surface area contributed by atoms with Gasteiger partial charge in [-0.1, -0.05) is 30.3 Å². The summed E-state index contributed by atoms with van der Waals surface area (Å²) in [7, 11) is 0. The topological polar surface area (TPSA) is 82.4 Å². The summed E-state index contributed by atoms with van der Waals surface area (Å²) in [5, 5.41) is 17.1. The van der Waals surface area contributed by atoms with Crippen molar-refractivity contribution in [3.63, 3.8) is 0 Å². The minimum atomic E-state index is -0.951. The maximum Gasteiger partial charge on any atom is 0.335 e. The number of nitrogens with zero attached hydrogens (tertiary/aromatic N) is 3. The standard InChI is InChI=1S/C28H27N5O2S/c34-27(35)20-9-6-12-22(19-20)32-17-7-14-24(32)26-25(23-13-4-5-15-30-23)31-28(36)33(26)18-8-16-29-21-10-2-1-3-11-21/h1-7,9-15,17,19,25-26,29H,8,16,18H2,(H,31,36)(H,34,35)/t25-,26+/m0/s1. The van der Waals surface area contributed by atoms with Gasteiger partial charge < -0.3 is 25.2 Å². The monoisotopic (exact) mass is 497 g/mol. The lowest BCUT2D eigenvalue weighted by atomic mass is 10.0. The molecule has 7 nitrogen and oxygen atoms in total. The van der Waals surface area contributed by atoms with E-state index < -0.39 is 5.97 Å². The number of para-hydroxylation sites is 1. The van der Waals surface area contributed by atoms with Gasteiger partial charge in [0, 0.05) is 42.6 Å². The molecule has 0 radical (unpaired) electrons. The van der Waals surface area contributed by atoms with Crippen LogP contribution in [0.4, 0.5) is 5.69 Å². The minimum Gasteiger partial charge on any atom is -0.478 e. The van der Waals surface area contributed by atoms with Crippen molar-refractivity contribution in [1.82, 2.24) is 19.8 Å². The summed E-state index contributed by atoms with van der Waals surface area (Å²) in [4.78, 5) is 18.4. The van der Waals surface area contributed by atoms with Gasteiger partial charge >= 0.3 is 5.97 Å². The Labute approximate surface area is 215 Å². The quantitative estimate of drug-likeness (QED) is 0.221. The van der Waals surface area contributed by atoms with Crippen molar-refractivity contribution in [3.8, 4) is 5.69 Å².